The fourth-order valence-electron chi connectivity index (χ4n) is 3.46. The summed E-state index contributed by atoms with van der Waals surface area (Å²) in [5, 5.41) is 11.5. The summed E-state index contributed by atoms with van der Waals surface area (Å²) in [6.07, 6.45) is 4.89. The molecule has 0 bridgehead atoms. The second-order valence-electron chi connectivity index (χ2n) is 7.23. The van der Waals surface area contributed by atoms with E-state index in [4.69, 9.17) is 0 Å². The first kappa shape index (κ1) is 19.0. The van der Waals surface area contributed by atoms with Gasteiger partial charge in [-0.15, -0.1) is 10.2 Å². The molecule has 2 aromatic heterocycles. The number of aryl methyl sites for hydroxylation is 1. The maximum atomic E-state index is 13.7. The van der Waals surface area contributed by atoms with E-state index in [1.54, 1.807) is 31.5 Å². The summed E-state index contributed by atoms with van der Waals surface area (Å²) in [6.45, 7) is 3.15. The van der Waals surface area contributed by atoms with E-state index >= 15 is 0 Å². The van der Waals surface area contributed by atoms with Gasteiger partial charge in [0.1, 0.15) is 5.82 Å². The van der Waals surface area contributed by atoms with Crippen LogP contribution >= 0.6 is 0 Å². The van der Waals surface area contributed by atoms with Crippen LogP contribution in [0.25, 0.3) is 11.3 Å². The van der Waals surface area contributed by atoms with Crippen LogP contribution in [0.3, 0.4) is 0 Å². The quantitative estimate of drug-likeness (QED) is 0.732. The van der Waals surface area contributed by atoms with E-state index in [1.807, 2.05) is 24.3 Å². The van der Waals surface area contributed by atoms with Crippen LogP contribution in [0.5, 0.6) is 0 Å². The number of nitrogens with zero attached hydrogens (tertiary/aromatic N) is 4. The molecule has 7 heteroatoms. The van der Waals surface area contributed by atoms with Crippen molar-refractivity contribution in [2.24, 2.45) is 5.92 Å². The molecule has 1 aliphatic heterocycles. The van der Waals surface area contributed by atoms with E-state index in [0.29, 0.717) is 24.1 Å². The van der Waals surface area contributed by atoms with E-state index in [1.165, 1.54) is 6.07 Å². The lowest BCUT2D eigenvalue weighted by atomic mass is 9.95. The summed E-state index contributed by atoms with van der Waals surface area (Å²) in [5.74, 6) is 0.334. The number of aromatic nitrogens is 3. The molecular weight excluding hydrogens is 369 g/mol. The predicted molar refractivity (Wildman–Crippen MR) is 110 cm³/mol. The van der Waals surface area contributed by atoms with E-state index in [9.17, 15) is 9.18 Å². The lowest BCUT2D eigenvalue weighted by Gasteiger charge is -2.31. The topological polar surface area (TPSA) is 71.0 Å². The van der Waals surface area contributed by atoms with E-state index in [-0.39, 0.29) is 17.6 Å². The molecule has 0 radical (unpaired) electrons. The maximum Gasteiger partial charge on any atom is 0.227 e. The number of benzene rings is 1. The molecule has 0 atom stereocenters. The summed E-state index contributed by atoms with van der Waals surface area (Å²) in [6, 6.07) is 12.5. The largest absolute Gasteiger partial charge is 0.355 e. The molecule has 0 saturated carbocycles. The third-order valence-electron chi connectivity index (χ3n) is 5.26. The van der Waals surface area contributed by atoms with Crippen molar-refractivity contribution in [3.8, 4) is 11.3 Å². The molecule has 1 N–H and O–H groups in total. The number of hydrogen-bond donors (Lipinski definition) is 1. The SMILES string of the molecule is Cc1ccc(NC(=O)C2CCN(c3ccc(-c4ccncc4)nn3)CC2)cc1F. The van der Waals surface area contributed by atoms with E-state index in [2.05, 4.69) is 25.4 Å². The van der Waals surface area contributed by atoms with Gasteiger partial charge in [-0.25, -0.2) is 4.39 Å². The highest BCUT2D eigenvalue weighted by molar-refractivity contribution is 5.92. The molecule has 1 saturated heterocycles. The van der Waals surface area contributed by atoms with Crippen LogP contribution in [-0.2, 0) is 4.79 Å². The van der Waals surface area contributed by atoms with E-state index in [0.717, 1.165) is 30.2 Å². The van der Waals surface area contributed by atoms with Crippen molar-refractivity contribution in [3.63, 3.8) is 0 Å². The van der Waals surface area contributed by atoms with Crippen molar-refractivity contribution in [1.29, 1.82) is 0 Å². The number of halogens is 1. The normalized spacial score (nSPS) is 14.6. The molecule has 1 amide bonds. The Morgan fingerprint density at radius 1 is 1.07 bits per heavy atom. The van der Waals surface area contributed by atoms with Crippen molar-refractivity contribution in [2.75, 3.05) is 23.3 Å². The zero-order valence-electron chi connectivity index (χ0n) is 16.2. The van der Waals surface area contributed by atoms with Crippen molar-refractivity contribution >= 4 is 17.4 Å². The first-order valence-corrected chi connectivity index (χ1v) is 9.66. The Bertz CT molecular complexity index is 986. The van der Waals surface area contributed by atoms with Crippen molar-refractivity contribution < 1.29 is 9.18 Å². The highest BCUT2D eigenvalue weighted by Crippen LogP contribution is 2.24. The standard InChI is InChI=1S/C22H22FN5O/c1-15-2-3-18(14-19(15)23)25-22(29)17-8-12-28(13-9-17)21-5-4-20(26-27-21)16-6-10-24-11-7-16/h2-7,10-11,14,17H,8-9,12-13H2,1H3,(H,25,29). The van der Waals surface area contributed by atoms with Gasteiger partial charge in [0.25, 0.3) is 0 Å². The van der Waals surface area contributed by atoms with Crippen LogP contribution in [0.15, 0.2) is 54.9 Å². The first-order chi connectivity index (χ1) is 14.1. The van der Waals surface area contributed by atoms with E-state index < -0.39 is 0 Å². The third-order valence-corrected chi connectivity index (χ3v) is 5.26. The lowest BCUT2D eigenvalue weighted by molar-refractivity contribution is -0.120. The number of pyridine rings is 1. The molecule has 0 unspecified atom stereocenters. The smallest absolute Gasteiger partial charge is 0.227 e. The molecule has 148 valence electrons. The van der Waals surface area contributed by atoms with Gasteiger partial charge in [0.05, 0.1) is 5.69 Å². The van der Waals surface area contributed by atoms with Crippen molar-refractivity contribution in [3.05, 3.63) is 66.2 Å². The van der Waals surface area contributed by atoms with Gasteiger partial charge in [-0.1, -0.05) is 6.07 Å². The van der Waals surface area contributed by atoms with Crippen LogP contribution in [0.2, 0.25) is 0 Å². The van der Waals surface area contributed by atoms with Crippen LogP contribution in [0, 0.1) is 18.7 Å². The number of anilines is 2. The number of nitrogens with one attached hydrogen (secondary N) is 1. The van der Waals surface area contributed by atoms with Gasteiger partial charge in [0.15, 0.2) is 5.82 Å². The molecular formula is C22H22FN5O. The number of carbonyl (C=O) groups excluding carboxylic acids is 1. The number of amides is 1. The van der Waals surface area contributed by atoms with Gasteiger partial charge >= 0.3 is 0 Å². The summed E-state index contributed by atoms with van der Waals surface area (Å²) >= 11 is 0. The minimum atomic E-state index is -0.314. The second-order valence-corrected chi connectivity index (χ2v) is 7.23. The Kier molecular flexibility index (Phi) is 5.46. The summed E-state index contributed by atoms with van der Waals surface area (Å²) < 4.78 is 13.7. The van der Waals surface area contributed by atoms with Gasteiger partial charge < -0.3 is 10.2 Å². The summed E-state index contributed by atoms with van der Waals surface area (Å²) in [5.41, 5.74) is 2.84. The average molecular weight is 391 g/mol. The molecule has 6 nitrogen and oxygen atoms in total. The van der Waals surface area contributed by atoms with Crippen LogP contribution in [0.4, 0.5) is 15.9 Å². The Balaban J connectivity index is 1.34. The Morgan fingerprint density at radius 3 is 2.48 bits per heavy atom. The minimum absolute atomic E-state index is 0.0629. The number of carbonyl (C=O) groups is 1. The van der Waals surface area contributed by atoms with Gasteiger partial charge in [-0.2, -0.15) is 0 Å². The molecule has 4 rings (SSSR count). The molecule has 3 aromatic rings. The molecule has 0 spiro atoms. The molecule has 0 aliphatic carbocycles. The monoisotopic (exact) mass is 391 g/mol. The molecule has 3 heterocycles. The zero-order chi connectivity index (χ0) is 20.2. The number of hydrogen-bond acceptors (Lipinski definition) is 5. The first-order valence-electron chi connectivity index (χ1n) is 9.66. The minimum Gasteiger partial charge on any atom is -0.355 e. The molecule has 1 aliphatic rings. The van der Waals surface area contributed by atoms with Gasteiger partial charge in [0.2, 0.25) is 5.91 Å². The Hall–Kier alpha value is -3.35. The molecule has 1 aromatic carbocycles. The van der Waals surface area contributed by atoms with Gasteiger partial charge in [0, 0.05) is 42.7 Å². The average Bonchev–Trinajstić information content (AvgIpc) is 2.77. The maximum absolute atomic E-state index is 13.7. The second kappa shape index (κ2) is 8.34. The number of rotatable bonds is 4. The van der Waals surface area contributed by atoms with Crippen LogP contribution in [-0.4, -0.2) is 34.2 Å². The summed E-state index contributed by atoms with van der Waals surface area (Å²) in [4.78, 5) is 18.7. The van der Waals surface area contributed by atoms with Gasteiger partial charge in [-0.05, 0) is 61.7 Å². The van der Waals surface area contributed by atoms with Gasteiger partial charge in [-0.3, -0.25) is 9.78 Å². The highest BCUT2D eigenvalue weighted by atomic mass is 19.1. The fraction of sp³-hybridized carbons (Fsp3) is 0.273. The zero-order valence-corrected chi connectivity index (χ0v) is 16.2. The lowest BCUT2D eigenvalue weighted by Crippen LogP contribution is -2.38. The summed E-state index contributed by atoms with van der Waals surface area (Å²) in [7, 11) is 0. The molecule has 1 fully saturated rings. The number of piperidine rings is 1. The Morgan fingerprint density at radius 2 is 1.83 bits per heavy atom. The van der Waals surface area contributed by atoms with Crippen LogP contribution < -0.4 is 10.2 Å². The molecule has 29 heavy (non-hydrogen) atoms. The van der Waals surface area contributed by atoms with Crippen LogP contribution in [0.1, 0.15) is 18.4 Å². The van der Waals surface area contributed by atoms with Crippen molar-refractivity contribution in [2.45, 2.75) is 19.8 Å². The third kappa shape index (κ3) is 4.39. The van der Waals surface area contributed by atoms with Crippen molar-refractivity contribution in [1.82, 2.24) is 15.2 Å². The Labute approximate surface area is 168 Å². The highest BCUT2D eigenvalue weighted by Gasteiger charge is 2.26. The fourth-order valence-corrected chi connectivity index (χ4v) is 3.46. The predicted octanol–water partition coefficient (Wildman–Crippen LogP) is 3.84.